The average molecular weight is 354 g/mol. The van der Waals surface area contributed by atoms with E-state index < -0.39 is 5.97 Å². The molecule has 0 amide bonds. The fourth-order valence-corrected chi connectivity index (χ4v) is 2.26. The highest BCUT2D eigenvalue weighted by Gasteiger charge is 2.13. The highest BCUT2D eigenvalue weighted by molar-refractivity contribution is 9.10. The van der Waals surface area contributed by atoms with Crippen LogP contribution in [0.5, 0.6) is 0 Å². The Balaban J connectivity index is 2.95. The summed E-state index contributed by atoms with van der Waals surface area (Å²) in [6.45, 7) is 2.03. The number of esters is 1. The lowest BCUT2D eigenvalue weighted by Gasteiger charge is -2.07. The van der Waals surface area contributed by atoms with Crippen molar-refractivity contribution in [1.29, 1.82) is 0 Å². The fourth-order valence-electron chi connectivity index (χ4n) is 1.30. The van der Waals surface area contributed by atoms with Gasteiger partial charge in [0.05, 0.1) is 13.0 Å². The Hall–Kier alpha value is -0.420. The molecule has 0 N–H and O–H groups in total. The van der Waals surface area contributed by atoms with Crippen molar-refractivity contribution in [2.75, 3.05) is 6.61 Å². The minimum absolute atomic E-state index is 0.0425. The number of rotatable bonds is 4. The third-order valence-corrected chi connectivity index (χ3v) is 3.03. The molecule has 0 fully saturated rings. The highest BCUT2D eigenvalue weighted by atomic mass is 79.9. The molecule has 0 saturated carbocycles. The highest BCUT2D eigenvalue weighted by Crippen LogP contribution is 2.22. The molecule has 1 aromatic carbocycles. The molecule has 0 atom stereocenters. The monoisotopic (exact) mass is 352 g/mol. The number of ether oxygens (including phenoxy) is 1. The van der Waals surface area contributed by atoms with Gasteiger partial charge in [-0.1, -0.05) is 31.9 Å². The van der Waals surface area contributed by atoms with E-state index in [1.165, 1.54) is 0 Å². The van der Waals surface area contributed by atoms with E-state index in [9.17, 15) is 9.18 Å². The van der Waals surface area contributed by atoms with Crippen LogP contribution in [-0.4, -0.2) is 12.6 Å². The summed E-state index contributed by atoms with van der Waals surface area (Å²) in [4.78, 5) is 11.3. The molecule has 16 heavy (non-hydrogen) atoms. The zero-order valence-electron chi connectivity index (χ0n) is 8.73. The largest absolute Gasteiger partial charge is 0.466 e. The topological polar surface area (TPSA) is 26.3 Å². The van der Waals surface area contributed by atoms with Crippen molar-refractivity contribution in [3.8, 4) is 0 Å². The van der Waals surface area contributed by atoms with Crippen molar-refractivity contribution in [1.82, 2.24) is 0 Å². The maximum absolute atomic E-state index is 13.8. The summed E-state index contributed by atoms with van der Waals surface area (Å²) in [7, 11) is 0. The molecule has 0 unspecified atom stereocenters. The third kappa shape index (κ3) is 3.56. The first kappa shape index (κ1) is 13.6. The molecule has 0 heterocycles. The molecule has 0 aromatic heterocycles. The number of carbonyl (C=O) groups is 1. The second kappa shape index (κ2) is 6.35. The van der Waals surface area contributed by atoms with Crippen molar-refractivity contribution in [2.45, 2.75) is 18.7 Å². The Morgan fingerprint density at radius 3 is 2.62 bits per heavy atom. The van der Waals surface area contributed by atoms with Gasteiger partial charge in [0.2, 0.25) is 0 Å². The lowest BCUT2D eigenvalue weighted by atomic mass is 10.1. The van der Waals surface area contributed by atoms with E-state index in [4.69, 9.17) is 4.74 Å². The van der Waals surface area contributed by atoms with E-state index in [1.807, 2.05) is 0 Å². The van der Waals surface area contributed by atoms with Crippen molar-refractivity contribution < 1.29 is 13.9 Å². The summed E-state index contributed by atoms with van der Waals surface area (Å²) < 4.78 is 19.3. The van der Waals surface area contributed by atoms with Gasteiger partial charge in [0.15, 0.2) is 0 Å². The summed E-state index contributed by atoms with van der Waals surface area (Å²) in [5, 5.41) is 0.411. The van der Waals surface area contributed by atoms with Crippen molar-refractivity contribution in [2.24, 2.45) is 0 Å². The van der Waals surface area contributed by atoms with Gasteiger partial charge in [0, 0.05) is 15.4 Å². The van der Waals surface area contributed by atoms with E-state index >= 15 is 0 Å². The molecule has 0 saturated heterocycles. The number of halogens is 3. The molecule has 0 bridgehead atoms. The second-order valence-electron chi connectivity index (χ2n) is 3.15. The molecule has 0 aliphatic rings. The van der Waals surface area contributed by atoms with Gasteiger partial charge < -0.3 is 4.74 Å². The standard InChI is InChI=1S/C11H11Br2FO2/c1-2-16-10(15)5-7-3-9(13)4-8(6-12)11(7)14/h3-4H,2,5-6H2,1H3. The molecule has 0 radical (unpaired) electrons. The zero-order chi connectivity index (χ0) is 12.1. The average Bonchev–Trinajstić information content (AvgIpc) is 2.23. The lowest BCUT2D eigenvalue weighted by molar-refractivity contribution is -0.142. The first-order chi connectivity index (χ1) is 7.58. The molecular formula is C11H11Br2FO2. The van der Waals surface area contributed by atoms with Crippen molar-refractivity contribution in [3.63, 3.8) is 0 Å². The predicted molar refractivity (Wildman–Crippen MR) is 67.1 cm³/mol. The summed E-state index contributed by atoms with van der Waals surface area (Å²) in [6.07, 6.45) is -0.0425. The Kier molecular flexibility index (Phi) is 5.41. The SMILES string of the molecule is CCOC(=O)Cc1cc(Br)cc(CBr)c1F. The van der Waals surface area contributed by atoms with Crippen LogP contribution >= 0.6 is 31.9 Å². The summed E-state index contributed by atoms with van der Waals surface area (Å²) in [5.41, 5.74) is 0.871. The minimum Gasteiger partial charge on any atom is -0.466 e. The minimum atomic E-state index is -0.417. The normalized spacial score (nSPS) is 10.2. The Bertz CT molecular complexity index is 394. The van der Waals surface area contributed by atoms with Crippen LogP contribution in [0.1, 0.15) is 18.1 Å². The number of hydrogen-bond acceptors (Lipinski definition) is 2. The number of alkyl halides is 1. The molecule has 0 aliphatic heterocycles. The molecular weight excluding hydrogens is 343 g/mol. The first-order valence-electron chi connectivity index (χ1n) is 4.76. The van der Waals surface area contributed by atoms with Gasteiger partial charge in [-0.3, -0.25) is 4.79 Å². The second-order valence-corrected chi connectivity index (χ2v) is 4.63. The van der Waals surface area contributed by atoms with Crippen LogP contribution in [0.2, 0.25) is 0 Å². The van der Waals surface area contributed by atoms with Gasteiger partial charge in [0.25, 0.3) is 0 Å². The van der Waals surface area contributed by atoms with Gasteiger partial charge in [-0.15, -0.1) is 0 Å². The maximum atomic E-state index is 13.8. The quantitative estimate of drug-likeness (QED) is 0.610. The van der Waals surface area contributed by atoms with E-state index in [2.05, 4.69) is 31.9 Å². The molecule has 5 heteroatoms. The van der Waals surface area contributed by atoms with Crippen LogP contribution in [0.15, 0.2) is 16.6 Å². The maximum Gasteiger partial charge on any atom is 0.310 e. The Morgan fingerprint density at radius 2 is 2.06 bits per heavy atom. The smallest absolute Gasteiger partial charge is 0.310 e. The van der Waals surface area contributed by atoms with Crippen LogP contribution in [-0.2, 0) is 21.3 Å². The number of carbonyl (C=O) groups excluding carboxylic acids is 1. The van der Waals surface area contributed by atoms with E-state index in [0.29, 0.717) is 23.1 Å². The van der Waals surface area contributed by atoms with Gasteiger partial charge in [0.1, 0.15) is 5.82 Å². The molecule has 0 aliphatic carbocycles. The Morgan fingerprint density at radius 1 is 1.44 bits per heavy atom. The molecule has 2 nitrogen and oxygen atoms in total. The predicted octanol–water partition coefficient (Wildman–Crippen LogP) is 3.59. The first-order valence-corrected chi connectivity index (χ1v) is 6.68. The van der Waals surface area contributed by atoms with Gasteiger partial charge in [-0.05, 0) is 24.6 Å². The molecule has 88 valence electrons. The van der Waals surface area contributed by atoms with Crippen LogP contribution < -0.4 is 0 Å². The molecule has 1 rings (SSSR count). The van der Waals surface area contributed by atoms with E-state index in [-0.39, 0.29) is 12.2 Å². The zero-order valence-corrected chi connectivity index (χ0v) is 11.9. The van der Waals surface area contributed by atoms with Crippen molar-refractivity contribution >= 4 is 37.8 Å². The Labute approximate surface area is 110 Å². The van der Waals surface area contributed by atoms with Crippen molar-refractivity contribution in [3.05, 3.63) is 33.5 Å². The summed E-state index contributed by atoms with van der Waals surface area (Å²) in [6, 6.07) is 3.27. The van der Waals surface area contributed by atoms with Gasteiger partial charge in [-0.2, -0.15) is 0 Å². The van der Waals surface area contributed by atoms with Gasteiger partial charge >= 0.3 is 5.97 Å². The summed E-state index contributed by atoms with van der Waals surface area (Å²) >= 11 is 6.47. The van der Waals surface area contributed by atoms with E-state index in [1.54, 1.807) is 19.1 Å². The van der Waals surface area contributed by atoms with E-state index in [0.717, 1.165) is 4.47 Å². The number of benzene rings is 1. The molecule has 1 aromatic rings. The lowest BCUT2D eigenvalue weighted by Crippen LogP contribution is -2.09. The van der Waals surface area contributed by atoms with Crippen LogP contribution in [0, 0.1) is 5.82 Å². The van der Waals surface area contributed by atoms with Crippen LogP contribution in [0.4, 0.5) is 4.39 Å². The van der Waals surface area contributed by atoms with Crippen LogP contribution in [0.3, 0.4) is 0 Å². The molecule has 0 spiro atoms. The summed E-state index contributed by atoms with van der Waals surface area (Å²) in [5.74, 6) is -0.770. The van der Waals surface area contributed by atoms with Crippen LogP contribution in [0.25, 0.3) is 0 Å². The number of hydrogen-bond donors (Lipinski definition) is 0. The third-order valence-electron chi connectivity index (χ3n) is 1.97. The van der Waals surface area contributed by atoms with Gasteiger partial charge in [-0.25, -0.2) is 4.39 Å². The fraction of sp³-hybridized carbons (Fsp3) is 0.364.